The van der Waals surface area contributed by atoms with Crippen molar-refractivity contribution in [3.63, 3.8) is 0 Å². The highest BCUT2D eigenvalue weighted by atomic mass is 32.2. The van der Waals surface area contributed by atoms with Crippen LogP contribution in [0.3, 0.4) is 0 Å². The summed E-state index contributed by atoms with van der Waals surface area (Å²) in [6, 6.07) is 5.55. The molecule has 0 atom stereocenters. The molecule has 0 saturated carbocycles. The van der Waals surface area contributed by atoms with Crippen LogP contribution in [0.15, 0.2) is 41.8 Å². The molecule has 0 saturated heterocycles. The van der Waals surface area contributed by atoms with E-state index < -0.39 is 10.0 Å². The van der Waals surface area contributed by atoms with Gasteiger partial charge in [-0.05, 0) is 13.0 Å². The first-order valence-corrected chi connectivity index (χ1v) is 9.57. The van der Waals surface area contributed by atoms with Crippen molar-refractivity contribution in [2.75, 3.05) is 18.9 Å². The summed E-state index contributed by atoms with van der Waals surface area (Å²) < 4.78 is 41.4. The third-order valence-electron chi connectivity index (χ3n) is 4.06. The Morgan fingerprint density at radius 3 is 2.59 bits per heavy atom. The van der Waals surface area contributed by atoms with Gasteiger partial charge < -0.3 is 14.0 Å². The zero-order valence-corrected chi connectivity index (χ0v) is 16.3. The number of nitrogens with zero attached hydrogens (tertiary/aromatic N) is 4. The Kier molecular flexibility index (Phi) is 5.08. The highest BCUT2D eigenvalue weighted by Crippen LogP contribution is 2.31. The molecular formula is C17H21N5O4S. The molecule has 0 unspecified atom stereocenters. The molecule has 1 aromatic carbocycles. The largest absolute Gasteiger partial charge is 0.493 e. The van der Waals surface area contributed by atoms with Crippen molar-refractivity contribution < 1.29 is 17.9 Å². The lowest BCUT2D eigenvalue weighted by atomic mass is 10.2. The maximum absolute atomic E-state index is 12.5. The van der Waals surface area contributed by atoms with Gasteiger partial charge in [-0.2, -0.15) is 13.5 Å². The molecule has 0 bridgehead atoms. The number of aromatic nitrogens is 4. The van der Waals surface area contributed by atoms with Crippen LogP contribution in [0.5, 0.6) is 11.5 Å². The molecule has 3 aromatic rings. The first-order chi connectivity index (χ1) is 12.8. The van der Waals surface area contributed by atoms with E-state index in [1.54, 1.807) is 49.7 Å². The molecule has 3 rings (SSSR count). The SMILES string of the molecule is COc1cccc(Cn2cc(NS(=O)(=O)c3cn(C)c(C)n3)cn2)c1OC. The fraction of sp³-hybridized carbons (Fsp3) is 0.294. The summed E-state index contributed by atoms with van der Waals surface area (Å²) in [7, 11) is 1.10. The lowest BCUT2D eigenvalue weighted by Crippen LogP contribution is -2.13. The second kappa shape index (κ2) is 7.31. The fourth-order valence-electron chi connectivity index (χ4n) is 2.62. The third-order valence-corrected chi connectivity index (χ3v) is 5.32. The molecule has 2 heterocycles. The minimum Gasteiger partial charge on any atom is -0.493 e. The van der Waals surface area contributed by atoms with Gasteiger partial charge in [-0.25, -0.2) is 4.98 Å². The van der Waals surface area contributed by atoms with E-state index in [-0.39, 0.29) is 5.03 Å². The van der Waals surface area contributed by atoms with Crippen LogP contribution in [0.4, 0.5) is 5.69 Å². The van der Waals surface area contributed by atoms with Gasteiger partial charge in [0.15, 0.2) is 16.5 Å². The number of benzene rings is 1. The van der Waals surface area contributed by atoms with Crippen LogP contribution in [-0.4, -0.2) is 42.0 Å². The van der Waals surface area contributed by atoms with Crippen LogP contribution in [0, 0.1) is 6.92 Å². The predicted octanol–water partition coefficient (Wildman–Crippen LogP) is 1.79. The summed E-state index contributed by atoms with van der Waals surface area (Å²) in [5, 5.41) is 4.17. The number of para-hydroxylation sites is 1. The van der Waals surface area contributed by atoms with Crippen molar-refractivity contribution in [3.8, 4) is 11.5 Å². The van der Waals surface area contributed by atoms with Crippen molar-refractivity contribution in [2.45, 2.75) is 18.5 Å². The van der Waals surface area contributed by atoms with Crippen LogP contribution < -0.4 is 14.2 Å². The molecule has 0 amide bonds. The minimum atomic E-state index is -3.78. The van der Waals surface area contributed by atoms with Crippen LogP contribution >= 0.6 is 0 Å². The molecule has 1 N–H and O–H groups in total. The number of imidazole rings is 1. The van der Waals surface area contributed by atoms with Crippen LogP contribution in [0.25, 0.3) is 0 Å². The zero-order chi connectivity index (χ0) is 19.6. The number of aryl methyl sites for hydroxylation is 2. The van der Waals surface area contributed by atoms with Crippen molar-refractivity contribution >= 4 is 15.7 Å². The summed E-state index contributed by atoms with van der Waals surface area (Å²) in [4.78, 5) is 4.05. The number of hydrogen-bond donors (Lipinski definition) is 1. The van der Waals surface area contributed by atoms with Gasteiger partial charge in [0.25, 0.3) is 10.0 Å². The fourth-order valence-corrected chi connectivity index (χ4v) is 3.69. The van der Waals surface area contributed by atoms with Gasteiger partial charge in [0.05, 0.1) is 32.6 Å². The van der Waals surface area contributed by atoms with Crippen LogP contribution in [0.1, 0.15) is 11.4 Å². The Labute approximate surface area is 157 Å². The molecule has 0 spiro atoms. The van der Waals surface area contributed by atoms with Gasteiger partial charge in [0.2, 0.25) is 0 Å². The summed E-state index contributed by atoms with van der Waals surface area (Å²) in [5.74, 6) is 1.84. The number of nitrogens with one attached hydrogen (secondary N) is 1. The molecule has 0 aliphatic heterocycles. The number of rotatable bonds is 7. The second-order valence-electron chi connectivity index (χ2n) is 5.92. The van der Waals surface area contributed by atoms with E-state index in [1.807, 2.05) is 12.1 Å². The molecule has 0 aliphatic rings. The maximum Gasteiger partial charge on any atom is 0.281 e. The van der Waals surface area contributed by atoms with Gasteiger partial charge in [-0.15, -0.1) is 0 Å². The Bertz CT molecular complexity index is 1040. The molecule has 9 nitrogen and oxygen atoms in total. The summed E-state index contributed by atoms with van der Waals surface area (Å²) >= 11 is 0. The van der Waals surface area contributed by atoms with Gasteiger partial charge in [-0.3, -0.25) is 9.40 Å². The van der Waals surface area contributed by atoms with Gasteiger partial charge >= 0.3 is 0 Å². The molecule has 27 heavy (non-hydrogen) atoms. The maximum atomic E-state index is 12.5. The van der Waals surface area contributed by atoms with Gasteiger partial charge in [0, 0.05) is 25.0 Å². The first-order valence-electron chi connectivity index (χ1n) is 8.09. The Hall–Kier alpha value is -3.01. The number of ether oxygens (including phenoxy) is 2. The molecule has 0 fully saturated rings. The van der Waals surface area contributed by atoms with E-state index >= 15 is 0 Å². The molecule has 2 aromatic heterocycles. The normalized spacial score (nSPS) is 11.4. The minimum absolute atomic E-state index is 0.0373. The van der Waals surface area contributed by atoms with E-state index in [4.69, 9.17) is 9.47 Å². The molecule has 10 heteroatoms. The topological polar surface area (TPSA) is 100 Å². The third kappa shape index (κ3) is 3.90. The van der Waals surface area contributed by atoms with Crippen molar-refractivity contribution in [1.82, 2.24) is 19.3 Å². The van der Waals surface area contributed by atoms with Gasteiger partial charge in [-0.1, -0.05) is 12.1 Å². The number of anilines is 1. The average Bonchev–Trinajstić information content (AvgIpc) is 3.21. The predicted molar refractivity (Wildman–Crippen MR) is 99.6 cm³/mol. The highest BCUT2D eigenvalue weighted by molar-refractivity contribution is 7.92. The van der Waals surface area contributed by atoms with E-state index in [0.717, 1.165) is 5.56 Å². The van der Waals surface area contributed by atoms with Crippen molar-refractivity contribution in [2.24, 2.45) is 7.05 Å². The molecule has 144 valence electrons. The Morgan fingerprint density at radius 2 is 1.96 bits per heavy atom. The molecule has 0 radical (unpaired) electrons. The average molecular weight is 391 g/mol. The lowest BCUT2D eigenvalue weighted by molar-refractivity contribution is 0.350. The summed E-state index contributed by atoms with van der Waals surface area (Å²) in [6.45, 7) is 2.13. The first kappa shape index (κ1) is 18.8. The van der Waals surface area contributed by atoms with E-state index in [1.165, 1.54) is 12.4 Å². The quantitative estimate of drug-likeness (QED) is 0.659. The zero-order valence-electron chi connectivity index (χ0n) is 15.5. The Morgan fingerprint density at radius 1 is 1.19 bits per heavy atom. The second-order valence-corrected chi connectivity index (χ2v) is 7.55. The number of hydrogen-bond acceptors (Lipinski definition) is 6. The number of sulfonamides is 1. The highest BCUT2D eigenvalue weighted by Gasteiger charge is 2.19. The lowest BCUT2D eigenvalue weighted by Gasteiger charge is -2.12. The van der Waals surface area contributed by atoms with E-state index in [0.29, 0.717) is 29.6 Å². The van der Waals surface area contributed by atoms with E-state index in [2.05, 4.69) is 14.8 Å². The summed E-state index contributed by atoms with van der Waals surface area (Å²) in [5.41, 5.74) is 1.20. The van der Waals surface area contributed by atoms with Crippen molar-refractivity contribution in [3.05, 3.63) is 48.2 Å². The molecular weight excluding hydrogens is 370 g/mol. The molecule has 0 aliphatic carbocycles. The smallest absolute Gasteiger partial charge is 0.281 e. The summed E-state index contributed by atoms with van der Waals surface area (Å²) in [6.07, 6.45) is 4.51. The van der Waals surface area contributed by atoms with Crippen LogP contribution in [0.2, 0.25) is 0 Å². The van der Waals surface area contributed by atoms with Crippen molar-refractivity contribution in [1.29, 1.82) is 0 Å². The monoisotopic (exact) mass is 391 g/mol. The Balaban J connectivity index is 1.80. The van der Waals surface area contributed by atoms with Crippen LogP contribution in [-0.2, 0) is 23.6 Å². The number of methoxy groups -OCH3 is 2. The van der Waals surface area contributed by atoms with Gasteiger partial charge in [0.1, 0.15) is 5.82 Å². The van der Waals surface area contributed by atoms with E-state index in [9.17, 15) is 8.42 Å². The standard InChI is InChI=1S/C17H21N5O4S/c1-12-19-16(11-21(12)2)27(23,24)20-14-8-18-22(10-14)9-13-6-5-7-15(25-3)17(13)26-4/h5-8,10-11,20H,9H2,1-4H3.